The van der Waals surface area contributed by atoms with Crippen LogP contribution in [0.5, 0.6) is 0 Å². The van der Waals surface area contributed by atoms with Gasteiger partial charge in [-0.3, -0.25) is 0 Å². The average Bonchev–Trinajstić information content (AvgIpc) is 2.04. The molecule has 0 aromatic carbocycles. The first kappa shape index (κ1) is 20.3. The maximum Gasteiger partial charge on any atom is 1.00 e. The molecule has 96 valence electrons. The molecule has 0 aromatic heterocycles. The Morgan fingerprint density at radius 3 is 1.27 bits per heavy atom. The molecule has 0 heterocycles. The minimum absolute atomic E-state index is 0. The minimum Gasteiger partial charge on any atom is -0.356 e. The summed E-state index contributed by atoms with van der Waals surface area (Å²) in [4.78, 5) is 10.8. The van der Waals surface area contributed by atoms with Gasteiger partial charge in [-0.25, -0.2) is 0 Å². The van der Waals surface area contributed by atoms with Crippen LogP contribution in [0.4, 0.5) is 0 Å². The van der Waals surface area contributed by atoms with Gasteiger partial charge >= 0.3 is 22.4 Å². The summed E-state index contributed by atoms with van der Waals surface area (Å²) in [5.74, 6) is 0. The molecule has 0 atom stereocenters. The van der Waals surface area contributed by atoms with Gasteiger partial charge in [-0.2, -0.15) is 0 Å². The van der Waals surface area contributed by atoms with Crippen molar-refractivity contribution in [2.24, 2.45) is 0 Å². The molecule has 0 rings (SSSR count). The molecular weight excluding hydrogens is 292 g/mol. The fourth-order valence-corrected chi connectivity index (χ4v) is 1.28. The van der Waals surface area contributed by atoms with Crippen molar-refractivity contribution in [2.75, 3.05) is 19.6 Å². The van der Waals surface area contributed by atoms with Gasteiger partial charge in [0.25, 0.3) is 0 Å². The van der Waals surface area contributed by atoms with Crippen LogP contribution in [0.1, 0.15) is 40.0 Å². The van der Waals surface area contributed by atoms with Gasteiger partial charge in [0.1, 0.15) is 0 Å². The molecule has 5 nitrogen and oxygen atoms in total. The monoisotopic (exact) mass is 312 g/mol. The van der Waals surface area contributed by atoms with Crippen molar-refractivity contribution in [3.05, 3.63) is 15.3 Å². The molecule has 0 amide bonds. The van der Waals surface area contributed by atoms with Crippen LogP contribution < -0.4 is 0 Å². The Morgan fingerprint density at radius 1 is 0.933 bits per heavy atom. The van der Waals surface area contributed by atoms with E-state index in [1.807, 2.05) is 0 Å². The first-order valence-corrected chi connectivity index (χ1v) is 5.12. The van der Waals surface area contributed by atoms with Crippen LogP contribution in [0.25, 0.3) is 0 Å². The Balaban J connectivity index is -0.000000249. The number of hydrogen-bond donors (Lipinski definition) is 0. The Bertz CT molecular complexity index is 118. The fourth-order valence-electron chi connectivity index (χ4n) is 1.28. The Labute approximate surface area is 107 Å². The summed E-state index contributed by atoms with van der Waals surface area (Å²) in [6, 6.07) is 0. The maximum absolute atomic E-state index is 8.25. The summed E-state index contributed by atoms with van der Waals surface area (Å²) in [5, 5.41) is 14.8. The van der Waals surface area contributed by atoms with Gasteiger partial charge < -0.3 is 20.2 Å². The fraction of sp³-hybridized carbons (Fsp3) is 1.00. The zero-order valence-corrected chi connectivity index (χ0v) is 11.1. The quantitative estimate of drug-likeness (QED) is 0.428. The van der Waals surface area contributed by atoms with Crippen molar-refractivity contribution >= 4 is 0 Å². The number of rotatable bonds is 6. The number of nitrogens with zero attached hydrogens (tertiary/aromatic N) is 2. The molecular formula is C9H21AgN2O3. The summed E-state index contributed by atoms with van der Waals surface area (Å²) in [6.45, 7) is 10.6. The van der Waals surface area contributed by atoms with Crippen molar-refractivity contribution in [3.63, 3.8) is 0 Å². The summed E-state index contributed by atoms with van der Waals surface area (Å²) >= 11 is 0. The molecule has 0 saturated heterocycles. The molecule has 0 bridgehead atoms. The van der Waals surface area contributed by atoms with Crippen molar-refractivity contribution in [1.82, 2.24) is 4.90 Å². The molecule has 0 N–H and O–H groups in total. The minimum atomic E-state index is -1.75. The second-order valence-corrected chi connectivity index (χ2v) is 3.07. The van der Waals surface area contributed by atoms with Crippen LogP contribution in [0.2, 0.25) is 0 Å². The van der Waals surface area contributed by atoms with Gasteiger partial charge in [0.15, 0.2) is 0 Å². The third-order valence-electron chi connectivity index (χ3n) is 1.62. The second-order valence-electron chi connectivity index (χ2n) is 3.07. The molecule has 0 aliphatic rings. The molecule has 0 aromatic rings. The van der Waals surface area contributed by atoms with Crippen LogP contribution in [-0.2, 0) is 22.4 Å². The summed E-state index contributed by atoms with van der Waals surface area (Å²) in [5.41, 5.74) is 0. The predicted octanol–water partition coefficient (Wildman–Crippen LogP) is 2.28. The number of hydrogen-bond acceptors (Lipinski definition) is 4. The van der Waals surface area contributed by atoms with E-state index in [2.05, 4.69) is 25.7 Å². The van der Waals surface area contributed by atoms with Crippen LogP contribution >= 0.6 is 0 Å². The van der Waals surface area contributed by atoms with Gasteiger partial charge in [-0.1, -0.05) is 20.8 Å². The summed E-state index contributed by atoms with van der Waals surface area (Å²) < 4.78 is 0. The zero-order valence-electron chi connectivity index (χ0n) is 9.66. The van der Waals surface area contributed by atoms with E-state index in [1.54, 1.807) is 0 Å². The smallest absolute Gasteiger partial charge is 0.356 e. The van der Waals surface area contributed by atoms with E-state index in [4.69, 9.17) is 15.3 Å². The van der Waals surface area contributed by atoms with Crippen LogP contribution in [0, 0.1) is 15.3 Å². The maximum atomic E-state index is 8.25. The first-order valence-electron chi connectivity index (χ1n) is 5.12. The van der Waals surface area contributed by atoms with E-state index in [-0.39, 0.29) is 22.4 Å². The molecule has 0 fully saturated rings. The third-order valence-corrected chi connectivity index (χ3v) is 1.62. The van der Waals surface area contributed by atoms with Crippen molar-refractivity contribution < 1.29 is 27.5 Å². The van der Waals surface area contributed by atoms with Crippen molar-refractivity contribution in [1.29, 1.82) is 0 Å². The van der Waals surface area contributed by atoms with E-state index >= 15 is 0 Å². The molecule has 0 saturated carbocycles. The largest absolute Gasteiger partial charge is 1.00 e. The summed E-state index contributed by atoms with van der Waals surface area (Å²) in [6.07, 6.45) is 3.88. The van der Waals surface area contributed by atoms with Gasteiger partial charge in [-0.15, -0.1) is 0 Å². The predicted molar refractivity (Wildman–Crippen MR) is 57.7 cm³/mol. The van der Waals surface area contributed by atoms with E-state index < -0.39 is 5.09 Å². The molecule has 0 aliphatic carbocycles. The van der Waals surface area contributed by atoms with Crippen molar-refractivity contribution in [3.8, 4) is 0 Å². The third kappa shape index (κ3) is 24.9. The normalized spacial score (nSPS) is 8.80. The second kappa shape index (κ2) is 16.3. The Kier molecular flexibility index (Phi) is 22.1. The van der Waals surface area contributed by atoms with Gasteiger partial charge in [0, 0.05) is 0 Å². The standard InChI is InChI=1S/C9H21N.Ag.NO3/c1-4-7-10(8-5-2)9-6-3;;2-1(3)4/h4-9H2,1-3H3;;/q;+1;-1. The van der Waals surface area contributed by atoms with E-state index in [0.717, 1.165) is 0 Å². The molecule has 0 aliphatic heterocycles. The van der Waals surface area contributed by atoms with Crippen LogP contribution in [0.3, 0.4) is 0 Å². The van der Waals surface area contributed by atoms with Crippen LogP contribution in [0.15, 0.2) is 0 Å². The Hall–Kier alpha value is -0.0997. The molecule has 15 heavy (non-hydrogen) atoms. The van der Waals surface area contributed by atoms with E-state index in [9.17, 15) is 0 Å². The average molecular weight is 313 g/mol. The molecule has 0 unspecified atom stereocenters. The van der Waals surface area contributed by atoms with Gasteiger partial charge in [0.05, 0.1) is 5.09 Å². The van der Waals surface area contributed by atoms with Gasteiger partial charge in [-0.05, 0) is 38.9 Å². The zero-order chi connectivity index (χ0) is 11.4. The van der Waals surface area contributed by atoms with Gasteiger partial charge in [0.2, 0.25) is 0 Å². The van der Waals surface area contributed by atoms with Crippen molar-refractivity contribution in [2.45, 2.75) is 40.0 Å². The molecule has 0 radical (unpaired) electrons. The van der Waals surface area contributed by atoms with Crippen LogP contribution in [-0.4, -0.2) is 29.6 Å². The van der Waals surface area contributed by atoms with E-state index in [1.165, 1.54) is 38.9 Å². The van der Waals surface area contributed by atoms with E-state index in [0.29, 0.717) is 0 Å². The SMILES string of the molecule is CCCN(CCC)CCC.O=[N+]([O-])[O-].[Ag+]. The Morgan fingerprint density at radius 2 is 1.13 bits per heavy atom. The molecule has 0 spiro atoms. The molecule has 6 heteroatoms. The topological polar surface area (TPSA) is 69.4 Å². The summed E-state index contributed by atoms with van der Waals surface area (Å²) in [7, 11) is 0. The first-order chi connectivity index (χ1) is 6.58.